The number of hydrogen-bond acceptors (Lipinski definition) is 6. The first kappa shape index (κ1) is 16.8. The second-order valence-electron chi connectivity index (χ2n) is 5.94. The van der Waals surface area contributed by atoms with Crippen LogP contribution < -0.4 is 4.74 Å². The summed E-state index contributed by atoms with van der Waals surface area (Å²) in [7, 11) is 0. The molecule has 8 nitrogen and oxygen atoms in total. The van der Waals surface area contributed by atoms with E-state index in [4.69, 9.17) is 4.74 Å². The molecule has 3 rings (SSSR count). The van der Waals surface area contributed by atoms with E-state index in [1.807, 2.05) is 19.3 Å². The van der Waals surface area contributed by atoms with Gasteiger partial charge in [-0.25, -0.2) is 14.8 Å². The molecule has 0 N–H and O–H groups in total. The van der Waals surface area contributed by atoms with Gasteiger partial charge in [0, 0.05) is 37.6 Å². The summed E-state index contributed by atoms with van der Waals surface area (Å²) >= 11 is 0. The number of aromatic nitrogens is 2. The Morgan fingerprint density at radius 3 is 2.36 bits per heavy atom. The number of ether oxygens (including phenoxy) is 1. The molecule has 8 heteroatoms. The van der Waals surface area contributed by atoms with Gasteiger partial charge < -0.3 is 9.64 Å². The Bertz CT molecular complexity index is 753. The lowest BCUT2D eigenvalue weighted by Gasteiger charge is -2.31. The summed E-state index contributed by atoms with van der Waals surface area (Å²) in [5.74, 6) is 1.38. The van der Waals surface area contributed by atoms with Crippen molar-refractivity contribution in [3.05, 3.63) is 58.2 Å². The van der Waals surface area contributed by atoms with Gasteiger partial charge in [0.15, 0.2) is 0 Å². The highest BCUT2D eigenvalue weighted by Crippen LogP contribution is 2.27. The van der Waals surface area contributed by atoms with Gasteiger partial charge >= 0.3 is 6.09 Å². The number of likely N-dealkylation sites (tertiary alicyclic amines) is 1. The zero-order chi connectivity index (χ0) is 17.8. The summed E-state index contributed by atoms with van der Waals surface area (Å²) in [5, 5.41) is 10.6. The van der Waals surface area contributed by atoms with E-state index in [0.29, 0.717) is 24.8 Å². The van der Waals surface area contributed by atoms with E-state index in [2.05, 4.69) is 9.97 Å². The van der Waals surface area contributed by atoms with E-state index in [9.17, 15) is 14.9 Å². The van der Waals surface area contributed by atoms with Crippen LogP contribution in [0.2, 0.25) is 0 Å². The normalized spacial score (nSPS) is 15.0. The Morgan fingerprint density at radius 1 is 1.20 bits per heavy atom. The van der Waals surface area contributed by atoms with Crippen LogP contribution in [0, 0.1) is 17.0 Å². The molecule has 130 valence electrons. The molecule has 1 aliphatic heterocycles. The first-order valence-corrected chi connectivity index (χ1v) is 8.02. The molecular formula is C17H18N4O4. The third-order valence-corrected chi connectivity index (χ3v) is 4.28. The standard InChI is InChI=1S/C17H18N4O4/c1-12-18-10-14(11-19-12)13-6-8-20(9-7-13)17(22)25-16-4-2-15(3-5-16)21(23)24/h2-5,10-11,13H,6-9H2,1H3. The smallest absolute Gasteiger partial charge is 0.410 e. The van der Waals surface area contributed by atoms with E-state index in [1.54, 1.807) is 4.90 Å². The highest BCUT2D eigenvalue weighted by Gasteiger charge is 2.25. The zero-order valence-electron chi connectivity index (χ0n) is 13.8. The number of aryl methyl sites for hydroxylation is 1. The lowest BCUT2D eigenvalue weighted by Crippen LogP contribution is -2.39. The summed E-state index contributed by atoms with van der Waals surface area (Å²) in [5.41, 5.74) is 1.05. The molecule has 0 unspecified atom stereocenters. The number of rotatable bonds is 3. The fourth-order valence-electron chi connectivity index (χ4n) is 2.81. The molecule has 2 aromatic rings. The van der Waals surface area contributed by atoms with Crippen molar-refractivity contribution >= 4 is 11.8 Å². The van der Waals surface area contributed by atoms with Gasteiger partial charge in [-0.05, 0) is 43.4 Å². The Hall–Kier alpha value is -3.03. The highest BCUT2D eigenvalue weighted by molar-refractivity contribution is 5.71. The Balaban J connectivity index is 1.54. The minimum atomic E-state index is -0.495. The lowest BCUT2D eigenvalue weighted by atomic mass is 9.91. The van der Waals surface area contributed by atoms with Crippen LogP contribution in [0.25, 0.3) is 0 Å². The number of hydrogen-bond donors (Lipinski definition) is 0. The molecule has 1 fully saturated rings. The minimum Gasteiger partial charge on any atom is -0.410 e. The average Bonchev–Trinajstić information content (AvgIpc) is 2.63. The fraction of sp³-hybridized carbons (Fsp3) is 0.353. The second kappa shape index (κ2) is 7.25. The van der Waals surface area contributed by atoms with Crippen LogP contribution in [-0.4, -0.2) is 39.0 Å². The number of piperidine rings is 1. The molecule has 0 saturated carbocycles. The number of non-ortho nitro benzene ring substituents is 1. The molecule has 1 aromatic heterocycles. The number of carbonyl (C=O) groups is 1. The van der Waals surface area contributed by atoms with E-state index < -0.39 is 11.0 Å². The SMILES string of the molecule is Cc1ncc(C2CCN(C(=O)Oc3ccc([N+](=O)[O-])cc3)CC2)cn1. The van der Waals surface area contributed by atoms with Crippen LogP contribution in [-0.2, 0) is 0 Å². The highest BCUT2D eigenvalue weighted by atomic mass is 16.6. The molecule has 0 spiro atoms. The predicted octanol–water partition coefficient (Wildman–Crippen LogP) is 3.07. The van der Waals surface area contributed by atoms with E-state index in [0.717, 1.165) is 24.2 Å². The van der Waals surface area contributed by atoms with Gasteiger partial charge in [0.25, 0.3) is 5.69 Å². The summed E-state index contributed by atoms with van der Waals surface area (Å²) in [6.45, 7) is 3.02. The average molecular weight is 342 g/mol. The van der Waals surface area contributed by atoms with Crippen LogP contribution in [0.15, 0.2) is 36.7 Å². The van der Waals surface area contributed by atoms with Crippen LogP contribution in [0.4, 0.5) is 10.5 Å². The monoisotopic (exact) mass is 342 g/mol. The summed E-state index contributed by atoms with van der Waals surface area (Å²) in [4.78, 5) is 32.4. The van der Waals surface area contributed by atoms with E-state index in [1.165, 1.54) is 24.3 Å². The summed E-state index contributed by atoms with van der Waals surface area (Å²) < 4.78 is 5.28. The number of nitrogens with zero attached hydrogens (tertiary/aromatic N) is 4. The van der Waals surface area contributed by atoms with Gasteiger partial charge in [-0.2, -0.15) is 0 Å². The molecule has 1 amide bonds. The van der Waals surface area contributed by atoms with Crippen molar-refractivity contribution in [3.8, 4) is 5.75 Å². The van der Waals surface area contributed by atoms with Crippen LogP contribution in [0.5, 0.6) is 5.75 Å². The molecule has 2 heterocycles. The first-order valence-electron chi connectivity index (χ1n) is 8.02. The molecule has 1 aromatic carbocycles. The van der Waals surface area contributed by atoms with Gasteiger partial charge in [-0.15, -0.1) is 0 Å². The number of nitro benzene ring substituents is 1. The Labute approximate surface area is 144 Å². The largest absolute Gasteiger partial charge is 0.415 e. The number of amides is 1. The van der Waals surface area contributed by atoms with Crippen molar-refractivity contribution in [1.82, 2.24) is 14.9 Å². The predicted molar refractivity (Wildman–Crippen MR) is 89.4 cm³/mol. The van der Waals surface area contributed by atoms with Crippen molar-refractivity contribution in [2.75, 3.05) is 13.1 Å². The molecule has 0 bridgehead atoms. The first-order chi connectivity index (χ1) is 12.0. The quantitative estimate of drug-likeness (QED) is 0.628. The minimum absolute atomic E-state index is 0.0408. The summed E-state index contributed by atoms with van der Waals surface area (Å²) in [6.07, 6.45) is 4.90. The van der Waals surface area contributed by atoms with Crippen molar-refractivity contribution in [3.63, 3.8) is 0 Å². The van der Waals surface area contributed by atoms with Crippen molar-refractivity contribution in [2.45, 2.75) is 25.7 Å². The van der Waals surface area contributed by atoms with E-state index >= 15 is 0 Å². The summed E-state index contributed by atoms with van der Waals surface area (Å²) in [6, 6.07) is 5.47. The number of benzene rings is 1. The van der Waals surface area contributed by atoms with Gasteiger partial charge in [-0.1, -0.05) is 0 Å². The molecule has 0 atom stereocenters. The van der Waals surface area contributed by atoms with Crippen LogP contribution in [0.3, 0.4) is 0 Å². The van der Waals surface area contributed by atoms with Crippen LogP contribution in [0.1, 0.15) is 30.1 Å². The second-order valence-corrected chi connectivity index (χ2v) is 5.94. The number of carbonyl (C=O) groups excluding carboxylic acids is 1. The van der Waals surface area contributed by atoms with Gasteiger partial charge in [0.1, 0.15) is 11.6 Å². The third kappa shape index (κ3) is 4.09. The van der Waals surface area contributed by atoms with Gasteiger partial charge in [0.2, 0.25) is 0 Å². The van der Waals surface area contributed by atoms with Crippen LogP contribution >= 0.6 is 0 Å². The topological polar surface area (TPSA) is 98.5 Å². The third-order valence-electron chi connectivity index (χ3n) is 4.28. The van der Waals surface area contributed by atoms with Gasteiger partial charge in [0.05, 0.1) is 4.92 Å². The molecule has 0 aliphatic carbocycles. The van der Waals surface area contributed by atoms with E-state index in [-0.39, 0.29) is 5.69 Å². The molecular weight excluding hydrogens is 324 g/mol. The van der Waals surface area contributed by atoms with Gasteiger partial charge in [-0.3, -0.25) is 10.1 Å². The van der Waals surface area contributed by atoms with Crippen molar-refractivity contribution < 1.29 is 14.5 Å². The van der Waals surface area contributed by atoms with Crippen molar-refractivity contribution in [1.29, 1.82) is 0 Å². The lowest BCUT2D eigenvalue weighted by molar-refractivity contribution is -0.384. The maximum Gasteiger partial charge on any atom is 0.415 e. The Kier molecular flexibility index (Phi) is 4.87. The molecule has 0 radical (unpaired) electrons. The molecule has 1 saturated heterocycles. The van der Waals surface area contributed by atoms with Crippen molar-refractivity contribution in [2.24, 2.45) is 0 Å². The number of nitro groups is 1. The molecule has 1 aliphatic rings. The zero-order valence-corrected chi connectivity index (χ0v) is 13.8. The Morgan fingerprint density at radius 2 is 1.80 bits per heavy atom. The molecule has 25 heavy (non-hydrogen) atoms. The fourth-order valence-corrected chi connectivity index (χ4v) is 2.81. The maximum absolute atomic E-state index is 12.2. The maximum atomic E-state index is 12.2.